The summed E-state index contributed by atoms with van der Waals surface area (Å²) in [6, 6.07) is 5.49. The van der Waals surface area contributed by atoms with E-state index < -0.39 is 10.8 Å². The Hall–Kier alpha value is -2.15. The molecule has 0 spiro atoms. The van der Waals surface area contributed by atoms with Gasteiger partial charge in [-0.3, -0.25) is 19.7 Å². The summed E-state index contributed by atoms with van der Waals surface area (Å²) in [6.07, 6.45) is 0.851. The van der Waals surface area contributed by atoms with E-state index in [-0.39, 0.29) is 12.3 Å². The molecular weight excluding hydrogens is 264 g/mol. The molecule has 1 amide bonds. The van der Waals surface area contributed by atoms with Crippen LogP contribution in [0.15, 0.2) is 24.3 Å². The highest BCUT2D eigenvalue weighted by Gasteiger charge is 2.06. The molecule has 0 bridgehead atoms. The molecule has 0 saturated carbocycles. The summed E-state index contributed by atoms with van der Waals surface area (Å²) in [4.78, 5) is 26.3. The maximum absolute atomic E-state index is 11.4. The first-order valence-electron chi connectivity index (χ1n) is 6.27. The molecule has 1 aromatic rings. The maximum atomic E-state index is 11.4. The fraction of sp³-hybridized carbons (Fsp3) is 0.462. The molecule has 0 heterocycles. The minimum Gasteiger partial charge on any atom is -0.484 e. The van der Waals surface area contributed by atoms with Crippen molar-refractivity contribution < 1.29 is 19.3 Å². The molecule has 0 radical (unpaired) electrons. The van der Waals surface area contributed by atoms with E-state index in [0.29, 0.717) is 18.3 Å². The number of nitrogens with one attached hydrogen (secondary N) is 1. The van der Waals surface area contributed by atoms with E-state index in [1.165, 1.54) is 24.3 Å². The zero-order valence-corrected chi connectivity index (χ0v) is 11.5. The van der Waals surface area contributed by atoms with Crippen molar-refractivity contribution in [3.63, 3.8) is 0 Å². The predicted octanol–water partition coefficient (Wildman–Crippen LogP) is 2.07. The second kappa shape index (κ2) is 8.11. The first-order chi connectivity index (χ1) is 9.49. The Morgan fingerprint density at radius 1 is 1.35 bits per heavy atom. The Labute approximate surface area is 117 Å². The van der Waals surface area contributed by atoms with Crippen LogP contribution in [0.3, 0.4) is 0 Å². The Kier molecular flexibility index (Phi) is 6.45. The first-order valence-corrected chi connectivity index (χ1v) is 6.27. The third-order valence-corrected chi connectivity index (χ3v) is 2.40. The van der Waals surface area contributed by atoms with Gasteiger partial charge in [0, 0.05) is 12.1 Å². The third kappa shape index (κ3) is 6.14. The van der Waals surface area contributed by atoms with Crippen LogP contribution in [-0.4, -0.2) is 24.0 Å². The lowest BCUT2D eigenvalue weighted by Gasteiger charge is -2.08. The Balaban J connectivity index is 2.25. The van der Waals surface area contributed by atoms with E-state index >= 15 is 0 Å². The van der Waals surface area contributed by atoms with Crippen LogP contribution in [0.4, 0.5) is 5.69 Å². The van der Waals surface area contributed by atoms with Crippen LogP contribution in [0.1, 0.15) is 20.3 Å². The van der Waals surface area contributed by atoms with Gasteiger partial charge in [0.15, 0.2) is 6.61 Å². The molecule has 0 saturated heterocycles. The van der Waals surface area contributed by atoms with Crippen molar-refractivity contribution >= 4 is 11.6 Å². The molecule has 0 atom stereocenters. The number of hydrogen-bond donors (Lipinski definition) is 1. The lowest BCUT2D eigenvalue weighted by Crippen LogP contribution is -2.29. The molecule has 7 heteroatoms. The van der Waals surface area contributed by atoms with Crippen molar-refractivity contribution in [1.82, 2.24) is 5.48 Å². The molecule has 0 aromatic heterocycles. The summed E-state index contributed by atoms with van der Waals surface area (Å²) in [5, 5.41) is 10.5. The molecule has 0 unspecified atom stereocenters. The highest BCUT2D eigenvalue weighted by Crippen LogP contribution is 2.16. The normalized spacial score (nSPS) is 10.3. The summed E-state index contributed by atoms with van der Waals surface area (Å²) in [5.74, 6) is 0.475. The first kappa shape index (κ1) is 15.9. The number of ether oxygens (including phenoxy) is 1. The standard InChI is InChI=1S/C13H18N2O5/c1-10(2)7-8-20-14-13(16)9-19-12-5-3-11(4-6-12)15(17)18/h3-6,10H,7-9H2,1-2H3,(H,14,16). The topological polar surface area (TPSA) is 90.7 Å². The van der Waals surface area contributed by atoms with Crippen LogP contribution in [0, 0.1) is 16.0 Å². The van der Waals surface area contributed by atoms with Crippen LogP contribution in [0.25, 0.3) is 0 Å². The van der Waals surface area contributed by atoms with Crippen molar-refractivity contribution in [3.05, 3.63) is 34.4 Å². The minimum absolute atomic E-state index is 0.0289. The Morgan fingerprint density at radius 2 is 2.00 bits per heavy atom. The summed E-state index contributed by atoms with van der Waals surface area (Å²) in [5.41, 5.74) is 2.24. The summed E-state index contributed by atoms with van der Waals surface area (Å²) < 4.78 is 5.17. The number of hydrogen-bond acceptors (Lipinski definition) is 5. The number of amides is 1. The van der Waals surface area contributed by atoms with Gasteiger partial charge in [0.25, 0.3) is 11.6 Å². The second-order valence-electron chi connectivity index (χ2n) is 4.60. The van der Waals surface area contributed by atoms with Gasteiger partial charge in [0.2, 0.25) is 0 Å². The van der Waals surface area contributed by atoms with Gasteiger partial charge >= 0.3 is 0 Å². The molecule has 0 fully saturated rings. The van der Waals surface area contributed by atoms with Gasteiger partial charge in [-0.1, -0.05) is 13.8 Å². The Bertz CT molecular complexity index is 445. The number of nitro benzene ring substituents is 1. The highest BCUT2D eigenvalue weighted by molar-refractivity contribution is 5.76. The van der Waals surface area contributed by atoms with Crippen LogP contribution in [0.5, 0.6) is 5.75 Å². The van der Waals surface area contributed by atoms with Crippen LogP contribution in [-0.2, 0) is 9.63 Å². The number of carbonyl (C=O) groups excluding carboxylic acids is 1. The predicted molar refractivity (Wildman–Crippen MR) is 72.1 cm³/mol. The average molecular weight is 282 g/mol. The number of nitro groups is 1. The average Bonchev–Trinajstić information content (AvgIpc) is 2.41. The van der Waals surface area contributed by atoms with Gasteiger partial charge in [-0.05, 0) is 24.5 Å². The van der Waals surface area contributed by atoms with E-state index in [1.807, 2.05) is 0 Å². The van der Waals surface area contributed by atoms with E-state index in [9.17, 15) is 14.9 Å². The maximum Gasteiger partial charge on any atom is 0.281 e. The van der Waals surface area contributed by atoms with Crippen LogP contribution < -0.4 is 10.2 Å². The number of non-ortho nitro benzene ring substituents is 1. The summed E-state index contributed by atoms with van der Waals surface area (Å²) >= 11 is 0. The molecule has 0 aliphatic rings. The van der Waals surface area contributed by atoms with Gasteiger partial charge in [-0.15, -0.1) is 0 Å². The number of nitrogens with zero attached hydrogens (tertiary/aromatic N) is 1. The van der Waals surface area contributed by atoms with E-state index in [4.69, 9.17) is 9.57 Å². The molecule has 20 heavy (non-hydrogen) atoms. The molecule has 1 aromatic carbocycles. The zero-order valence-electron chi connectivity index (χ0n) is 11.5. The third-order valence-electron chi connectivity index (χ3n) is 2.40. The van der Waals surface area contributed by atoms with Crippen molar-refractivity contribution in [3.8, 4) is 5.75 Å². The van der Waals surface area contributed by atoms with Crippen LogP contribution >= 0.6 is 0 Å². The molecular formula is C13H18N2O5. The van der Waals surface area contributed by atoms with E-state index in [0.717, 1.165) is 6.42 Å². The molecule has 0 aliphatic heterocycles. The van der Waals surface area contributed by atoms with Crippen molar-refractivity contribution in [2.24, 2.45) is 5.92 Å². The van der Waals surface area contributed by atoms with E-state index in [2.05, 4.69) is 19.3 Å². The number of benzene rings is 1. The molecule has 1 N–H and O–H groups in total. The monoisotopic (exact) mass is 282 g/mol. The minimum atomic E-state index is -0.501. The number of rotatable bonds is 8. The van der Waals surface area contributed by atoms with Gasteiger partial charge < -0.3 is 4.74 Å². The largest absolute Gasteiger partial charge is 0.484 e. The van der Waals surface area contributed by atoms with Gasteiger partial charge in [-0.25, -0.2) is 5.48 Å². The van der Waals surface area contributed by atoms with Crippen molar-refractivity contribution in [1.29, 1.82) is 0 Å². The number of hydroxylamine groups is 1. The molecule has 7 nitrogen and oxygen atoms in total. The summed E-state index contributed by atoms with van der Waals surface area (Å²) in [6.45, 7) is 4.35. The van der Waals surface area contributed by atoms with E-state index in [1.54, 1.807) is 0 Å². The SMILES string of the molecule is CC(C)CCONC(=O)COc1ccc([N+](=O)[O-])cc1. The number of carbonyl (C=O) groups is 1. The molecule has 0 aliphatic carbocycles. The van der Waals surface area contributed by atoms with Gasteiger partial charge in [0.1, 0.15) is 5.75 Å². The fourth-order valence-corrected chi connectivity index (χ4v) is 1.27. The smallest absolute Gasteiger partial charge is 0.281 e. The highest BCUT2D eigenvalue weighted by atomic mass is 16.7. The summed E-state index contributed by atoms with van der Waals surface area (Å²) in [7, 11) is 0. The van der Waals surface area contributed by atoms with Crippen molar-refractivity contribution in [2.75, 3.05) is 13.2 Å². The second-order valence-corrected chi connectivity index (χ2v) is 4.60. The molecule has 110 valence electrons. The fourth-order valence-electron chi connectivity index (χ4n) is 1.27. The van der Waals surface area contributed by atoms with Gasteiger partial charge in [0.05, 0.1) is 11.5 Å². The lowest BCUT2D eigenvalue weighted by molar-refractivity contribution is -0.384. The quantitative estimate of drug-likeness (QED) is 0.448. The Morgan fingerprint density at radius 3 is 2.55 bits per heavy atom. The van der Waals surface area contributed by atoms with Crippen molar-refractivity contribution in [2.45, 2.75) is 20.3 Å². The lowest BCUT2D eigenvalue weighted by atomic mass is 10.1. The van der Waals surface area contributed by atoms with Crippen LogP contribution in [0.2, 0.25) is 0 Å². The zero-order chi connectivity index (χ0) is 15.0. The molecule has 1 rings (SSSR count). The van der Waals surface area contributed by atoms with Gasteiger partial charge in [-0.2, -0.15) is 0 Å².